The van der Waals surface area contributed by atoms with Crippen LogP contribution in [0.3, 0.4) is 0 Å². The highest BCUT2D eigenvalue weighted by molar-refractivity contribution is 6.06. The Morgan fingerprint density at radius 1 is 1.11 bits per heavy atom. The first kappa shape index (κ1) is 17.5. The Morgan fingerprint density at radius 3 is 2.78 bits per heavy atom. The van der Waals surface area contributed by atoms with E-state index in [-0.39, 0.29) is 5.91 Å². The molecule has 5 heteroatoms. The minimum atomic E-state index is 0.0517. The molecule has 27 heavy (non-hydrogen) atoms. The number of rotatable bonds is 6. The first-order valence-corrected chi connectivity index (χ1v) is 9.50. The Kier molecular flexibility index (Phi) is 5.01. The topological polar surface area (TPSA) is 54.6 Å². The van der Waals surface area contributed by atoms with Gasteiger partial charge in [0.2, 0.25) is 0 Å². The smallest absolute Gasteiger partial charge is 0.256 e. The predicted octanol–water partition coefficient (Wildman–Crippen LogP) is 4.38. The number of unbranched alkanes of at least 4 members (excludes halogenated alkanes) is 1. The lowest BCUT2D eigenvalue weighted by Crippen LogP contribution is -2.31. The lowest BCUT2D eigenvalue weighted by molar-refractivity contribution is 0.0742. The van der Waals surface area contributed by atoms with Crippen LogP contribution in [0.1, 0.15) is 35.7 Å². The van der Waals surface area contributed by atoms with Gasteiger partial charge in [0.25, 0.3) is 5.91 Å². The number of amides is 1. The van der Waals surface area contributed by atoms with Gasteiger partial charge in [-0.25, -0.2) is 0 Å². The predicted molar refractivity (Wildman–Crippen MR) is 105 cm³/mol. The largest absolute Gasteiger partial charge is 0.486 e. The molecule has 0 spiro atoms. The highest BCUT2D eigenvalue weighted by Crippen LogP contribution is 2.31. The lowest BCUT2D eigenvalue weighted by Gasteiger charge is -2.24. The zero-order chi connectivity index (χ0) is 18.6. The number of hydrogen-bond acceptors (Lipinski definition) is 3. The third-order valence-electron chi connectivity index (χ3n) is 4.87. The van der Waals surface area contributed by atoms with Gasteiger partial charge < -0.3 is 19.4 Å². The Morgan fingerprint density at radius 2 is 1.93 bits per heavy atom. The molecule has 0 saturated heterocycles. The number of carbonyl (C=O) groups is 1. The molecular weight excluding hydrogens is 340 g/mol. The van der Waals surface area contributed by atoms with E-state index in [2.05, 4.69) is 11.9 Å². The van der Waals surface area contributed by atoms with Crippen LogP contribution < -0.4 is 9.47 Å². The maximum absolute atomic E-state index is 13.3. The molecule has 0 bridgehead atoms. The highest BCUT2D eigenvalue weighted by atomic mass is 16.6. The van der Waals surface area contributed by atoms with Gasteiger partial charge in [0.1, 0.15) is 13.2 Å². The fourth-order valence-electron chi connectivity index (χ4n) is 3.43. The molecule has 0 unspecified atom stereocenters. The van der Waals surface area contributed by atoms with Crippen LogP contribution in [-0.4, -0.2) is 35.5 Å². The van der Waals surface area contributed by atoms with E-state index in [0.717, 1.165) is 52.9 Å². The summed E-state index contributed by atoms with van der Waals surface area (Å²) in [5.74, 6) is 1.58. The number of carbonyl (C=O) groups excluding carboxylic acids is 1. The number of benzene rings is 2. The highest BCUT2D eigenvalue weighted by Gasteiger charge is 2.20. The molecule has 1 amide bonds. The molecule has 1 aliphatic rings. The van der Waals surface area contributed by atoms with Crippen LogP contribution in [0, 0.1) is 0 Å². The molecule has 2 aromatic carbocycles. The van der Waals surface area contributed by atoms with Gasteiger partial charge in [-0.05, 0) is 30.2 Å². The van der Waals surface area contributed by atoms with Crippen molar-refractivity contribution in [3.63, 3.8) is 0 Å². The van der Waals surface area contributed by atoms with Crippen LogP contribution in [0.15, 0.2) is 48.7 Å². The number of nitrogens with one attached hydrogen (secondary N) is 1. The fraction of sp³-hybridized carbons (Fsp3) is 0.318. The van der Waals surface area contributed by atoms with E-state index in [0.29, 0.717) is 19.8 Å². The van der Waals surface area contributed by atoms with Gasteiger partial charge in [0.15, 0.2) is 11.5 Å². The van der Waals surface area contributed by atoms with E-state index in [1.807, 2.05) is 53.6 Å². The van der Waals surface area contributed by atoms with Crippen LogP contribution in [0.25, 0.3) is 10.9 Å². The molecule has 0 atom stereocenters. The van der Waals surface area contributed by atoms with Crippen molar-refractivity contribution in [1.29, 1.82) is 0 Å². The zero-order valence-electron chi connectivity index (χ0n) is 15.5. The second-order valence-electron chi connectivity index (χ2n) is 6.81. The molecule has 0 fully saturated rings. The summed E-state index contributed by atoms with van der Waals surface area (Å²) in [6, 6.07) is 13.8. The van der Waals surface area contributed by atoms with Gasteiger partial charge in [0.05, 0.1) is 5.56 Å². The zero-order valence-corrected chi connectivity index (χ0v) is 15.5. The Balaban J connectivity index is 1.60. The standard InChI is InChI=1S/C22H24N2O3/c1-2-3-10-24(15-16-8-9-20-21(13-16)27-12-11-26-20)22(25)18-14-23-19-7-5-4-6-17(18)19/h4-9,13-14,23H,2-3,10-12,15H2,1H3. The van der Waals surface area contributed by atoms with Gasteiger partial charge in [-0.3, -0.25) is 4.79 Å². The molecule has 2 heterocycles. The molecule has 0 radical (unpaired) electrons. The molecule has 4 rings (SSSR count). The Bertz CT molecular complexity index is 948. The second-order valence-corrected chi connectivity index (χ2v) is 6.81. The number of nitrogens with zero attached hydrogens (tertiary/aromatic N) is 1. The van der Waals surface area contributed by atoms with Crippen molar-refractivity contribution >= 4 is 16.8 Å². The number of ether oxygens (including phenoxy) is 2. The summed E-state index contributed by atoms with van der Waals surface area (Å²) in [5, 5.41) is 0.964. The van der Waals surface area contributed by atoms with Crippen molar-refractivity contribution in [3.05, 3.63) is 59.8 Å². The fourth-order valence-corrected chi connectivity index (χ4v) is 3.43. The molecule has 140 valence electrons. The quantitative estimate of drug-likeness (QED) is 0.706. The summed E-state index contributed by atoms with van der Waals surface area (Å²) in [4.78, 5) is 18.4. The number of para-hydroxylation sites is 1. The number of aromatic amines is 1. The van der Waals surface area contributed by atoms with Gasteiger partial charge in [-0.15, -0.1) is 0 Å². The number of fused-ring (bicyclic) bond motifs is 2. The molecule has 0 saturated carbocycles. The van der Waals surface area contributed by atoms with Crippen molar-refractivity contribution < 1.29 is 14.3 Å². The summed E-state index contributed by atoms with van der Waals surface area (Å²) in [5.41, 5.74) is 2.75. The van der Waals surface area contributed by atoms with E-state index < -0.39 is 0 Å². The van der Waals surface area contributed by atoms with Crippen molar-refractivity contribution in [1.82, 2.24) is 9.88 Å². The summed E-state index contributed by atoms with van der Waals surface area (Å²) in [7, 11) is 0. The van der Waals surface area contributed by atoms with Crippen molar-refractivity contribution in [2.75, 3.05) is 19.8 Å². The molecule has 1 N–H and O–H groups in total. The average molecular weight is 364 g/mol. The monoisotopic (exact) mass is 364 g/mol. The molecule has 1 aromatic heterocycles. The van der Waals surface area contributed by atoms with Gasteiger partial charge in [-0.1, -0.05) is 37.6 Å². The first-order valence-electron chi connectivity index (χ1n) is 9.50. The molecular formula is C22H24N2O3. The Labute approximate surface area is 158 Å². The molecule has 3 aromatic rings. The van der Waals surface area contributed by atoms with Crippen LogP contribution in [-0.2, 0) is 6.54 Å². The minimum Gasteiger partial charge on any atom is -0.486 e. The third kappa shape index (κ3) is 3.63. The van der Waals surface area contributed by atoms with E-state index in [1.54, 1.807) is 0 Å². The van der Waals surface area contributed by atoms with E-state index in [4.69, 9.17) is 9.47 Å². The summed E-state index contributed by atoms with van der Waals surface area (Å²) in [6.45, 7) is 4.55. The lowest BCUT2D eigenvalue weighted by atomic mass is 10.1. The second kappa shape index (κ2) is 7.74. The average Bonchev–Trinajstić information content (AvgIpc) is 3.14. The summed E-state index contributed by atoms with van der Waals surface area (Å²) in [6.07, 6.45) is 3.83. The maximum atomic E-state index is 13.3. The van der Waals surface area contributed by atoms with Crippen LogP contribution in [0.5, 0.6) is 11.5 Å². The number of hydrogen-bond donors (Lipinski definition) is 1. The summed E-state index contributed by atoms with van der Waals surface area (Å²) < 4.78 is 11.3. The summed E-state index contributed by atoms with van der Waals surface area (Å²) >= 11 is 0. The van der Waals surface area contributed by atoms with Crippen molar-refractivity contribution in [2.45, 2.75) is 26.3 Å². The van der Waals surface area contributed by atoms with Crippen LogP contribution in [0.2, 0.25) is 0 Å². The number of H-pyrrole nitrogens is 1. The maximum Gasteiger partial charge on any atom is 0.256 e. The van der Waals surface area contributed by atoms with Crippen LogP contribution in [0.4, 0.5) is 0 Å². The minimum absolute atomic E-state index is 0.0517. The molecule has 1 aliphatic heterocycles. The SMILES string of the molecule is CCCCN(Cc1ccc2c(c1)OCCO2)C(=O)c1c[nH]c2ccccc12. The van der Waals surface area contributed by atoms with Crippen molar-refractivity contribution in [3.8, 4) is 11.5 Å². The van der Waals surface area contributed by atoms with Gasteiger partial charge >= 0.3 is 0 Å². The van der Waals surface area contributed by atoms with E-state index >= 15 is 0 Å². The van der Waals surface area contributed by atoms with E-state index in [9.17, 15) is 4.79 Å². The third-order valence-corrected chi connectivity index (χ3v) is 4.87. The van der Waals surface area contributed by atoms with Gasteiger partial charge in [0, 0.05) is 30.2 Å². The van der Waals surface area contributed by atoms with Crippen LogP contribution >= 0.6 is 0 Å². The number of aromatic nitrogens is 1. The normalized spacial score (nSPS) is 12.9. The van der Waals surface area contributed by atoms with E-state index in [1.165, 1.54) is 0 Å². The van der Waals surface area contributed by atoms with Gasteiger partial charge in [-0.2, -0.15) is 0 Å². The Hall–Kier alpha value is -2.95. The molecule has 5 nitrogen and oxygen atoms in total. The van der Waals surface area contributed by atoms with Crippen molar-refractivity contribution in [2.24, 2.45) is 0 Å². The first-order chi connectivity index (χ1) is 13.3. The molecule has 0 aliphatic carbocycles.